The molecule has 0 fully saturated rings. The molecule has 0 radical (unpaired) electrons. The minimum absolute atomic E-state index is 0.180. The molecule has 11 heteroatoms. The van der Waals surface area contributed by atoms with Crippen molar-refractivity contribution >= 4 is 40.4 Å². The molecule has 0 amide bonds. The molecule has 0 aliphatic rings. The van der Waals surface area contributed by atoms with Crippen molar-refractivity contribution in [3.8, 4) is 22.4 Å². The van der Waals surface area contributed by atoms with Crippen LogP contribution in [0.1, 0.15) is 40.8 Å². The summed E-state index contributed by atoms with van der Waals surface area (Å²) in [7, 11) is 1.88. The highest BCUT2D eigenvalue weighted by Gasteiger charge is 2.29. The van der Waals surface area contributed by atoms with Gasteiger partial charge in [-0.3, -0.25) is 14.4 Å². The molecule has 0 atom stereocenters. The lowest BCUT2D eigenvalue weighted by molar-refractivity contribution is 0.0751. The molecule has 0 aliphatic heterocycles. The number of nitrogens with zero attached hydrogens (tertiary/aromatic N) is 6. The minimum atomic E-state index is -0.710. The SMILES string of the molecule is CN(Cc1ccc(Cl)s1)c1cc(-c2ccn(CC(=O)c3cncnc3)c(=O)c2-c2ccccc2)nn1C(=O)C(C)(C)C. The molecule has 42 heavy (non-hydrogen) atoms. The van der Waals surface area contributed by atoms with E-state index < -0.39 is 5.41 Å². The highest BCUT2D eigenvalue weighted by molar-refractivity contribution is 7.16. The number of thiophene rings is 1. The Bertz CT molecular complexity index is 1810. The molecule has 4 aromatic heterocycles. The van der Waals surface area contributed by atoms with E-state index in [-0.39, 0.29) is 23.8 Å². The normalized spacial score (nSPS) is 11.5. The zero-order valence-electron chi connectivity index (χ0n) is 23.6. The van der Waals surface area contributed by atoms with Crippen molar-refractivity contribution in [2.45, 2.75) is 33.9 Å². The van der Waals surface area contributed by atoms with Gasteiger partial charge in [-0.15, -0.1) is 11.3 Å². The standard InChI is InChI=1S/C31H29ClN6O3S/c1-31(2,3)30(41)38-27(36(4)17-22-10-11-26(32)42-22)14-24(35-38)23-12-13-37(18-25(39)21-15-33-19-34-16-21)29(40)28(23)20-8-6-5-7-9-20/h5-16,19H,17-18H2,1-4H3. The Morgan fingerprint density at radius 1 is 1.02 bits per heavy atom. The third-order valence-electron chi connectivity index (χ3n) is 6.64. The fourth-order valence-electron chi connectivity index (χ4n) is 4.48. The van der Waals surface area contributed by atoms with Crippen LogP contribution >= 0.6 is 22.9 Å². The van der Waals surface area contributed by atoms with Crippen LogP contribution in [0.2, 0.25) is 4.34 Å². The van der Waals surface area contributed by atoms with Crippen molar-refractivity contribution in [1.82, 2.24) is 24.3 Å². The Morgan fingerprint density at radius 2 is 1.74 bits per heavy atom. The summed E-state index contributed by atoms with van der Waals surface area (Å²) in [5.74, 6) is 0.101. The van der Waals surface area contributed by atoms with Gasteiger partial charge in [-0.05, 0) is 23.8 Å². The molecule has 1 aromatic carbocycles. The molecule has 4 heterocycles. The molecule has 0 unspecified atom stereocenters. The van der Waals surface area contributed by atoms with E-state index in [9.17, 15) is 14.4 Å². The van der Waals surface area contributed by atoms with Gasteiger partial charge in [0.25, 0.3) is 11.5 Å². The maximum atomic E-state index is 13.9. The van der Waals surface area contributed by atoms with Crippen molar-refractivity contribution in [3.05, 3.63) is 105 Å². The molecule has 5 rings (SSSR count). The van der Waals surface area contributed by atoms with Gasteiger partial charge in [0, 0.05) is 47.6 Å². The molecule has 0 spiro atoms. The van der Waals surface area contributed by atoms with E-state index >= 15 is 0 Å². The van der Waals surface area contributed by atoms with Crippen LogP contribution in [0.3, 0.4) is 0 Å². The zero-order valence-corrected chi connectivity index (χ0v) is 25.2. The number of Topliss-reactive ketones (excluding diaryl/α,β-unsaturated/α-hetero) is 1. The molecule has 214 valence electrons. The van der Waals surface area contributed by atoms with Crippen LogP contribution in [0.4, 0.5) is 5.82 Å². The van der Waals surface area contributed by atoms with E-state index in [4.69, 9.17) is 16.7 Å². The molecule has 0 saturated carbocycles. The highest BCUT2D eigenvalue weighted by atomic mass is 35.5. The highest BCUT2D eigenvalue weighted by Crippen LogP contribution is 2.33. The average Bonchev–Trinajstić information content (AvgIpc) is 3.60. The molecular formula is C31H29ClN6O3S. The lowest BCUT2D eigenvalue weighted by Gasteiger charge is -2.22. The number of rotatable bonds is 8. The van der Waals surface area contributed by atoms with Crippen molar-refractivity contribution in [2.75, 3.05) is 11.9 Å². The summed E-state index contributed by atoms with van der Waals surface area (Å²) in [5.41, 5.74) is 1.30. The van der Waals surface area contributed by atoms with Crippen molar-refractivity contribution in [2.24, 2.45) is 5.41 Å². The van der Waals surface area contributed by atoms with Gasteiger partial charge >= 0.3 is 0 Å². The van der Waals surface area contributed by atoms with E-state index in [0.717, 1.165) is 4.88 Å². The molecule has 0 saturated heterocycles. The summed E-state index contributed by atoms with van der Waals surface area (Å²) in [4.78, 5) is 51.2. The first-order chi connectivity index (χ1) is 20.0. The number of hydrogen-bond donors (Lipinski definition) is 0. The van der Waals surface area contributed by atoms with Crippen molar-refractivity contribution in [3.63, 3.8) is 0 Å². The maximum Gasteiger partial charge on any atom is 0.259 e. The largest absolute Gasteiger partial charge is 0.354 e. The van der Waals surface area contributed by atoms with Gasteiger partial charge in [0.1, 0.15) is 12.1 Å². The quantitative estimate of drug-likeness (QED) is 0.199. The number of hydrogen-bond acceptors (Lipinski definition) is 8. The van der Waals surface area contributed by atoms with Gasteiger partial charge in [0.15, 0.2) is 5.78 Å². The minimum Gasteiger partial charge on any atom is -0.354 e. The fourth-order valence-corrected chi connectivity index (χ4v) is 5.62. The third kappa shape index (κ3) is 6.09. The maximum absolute atomic E-state index is 13.9. The predicted octanol–water partition coefficient (Wildman–Crippen LogP) is 6.09. The number of anilines is 1. The number of halogens is 1. The summed E-state index contributed by atoms with van der Waals surface area (Å²) in [6, 6.07) is 16.6. The number of carbonyl (C=O) groups excluding carboxylic acids is 2. The fraction of sp³-hybridized carbons (Fsp3) is 0.226. The predicted molar refractivity (Wildman–Crippen MR) is 165 cm³/mol. The molecular weight excluding hydrogens is 572 g/mol. The second-order valence-corrected chi connectivity index (χ2v) is 12.7. The summed E-state index contributed by atoms with van der Waals surface area (Å²) in [6.07, 6.45) is 5.77. The van der Waals surface area contributed by atoms with Gasteiger partial charge in [0.2, 0.25) is 0 Å². The van der Waals surface area contributed by atoms with Crippen molar-refractivity contribution < 1.29 is 9.59 Å². The van der Waals surface area contributed by atoms with Crippen LogP contribution in [0, 0.1) is 5.41 Å². The van der Waals surface area contributed by atoms with Crippen LogP contribution in [-0.2, 0) is 13.1 Å². The summed E-state index contributed by atoms with van der Waals surface area (Å²) < 4.78 is 3.46. The molecule has 5 aromatic rings. The van der Waals surface area contributed by atoms with Crippen LogP contribution in [0.15, 0.2) is 84.3 Å². The Hall–Kier alpha value is -4.41. The summed E-state index contributed by atoms with van der Waals surface area (Å²) in [6.45, 7) is 5.85. The van der Waals surface area contributed by atoms with E-state index in [1.54, 1.807) is 12.3 Å². The number of ketones is 1. The van der Waals surface area contributed by atoms with E-state index in [2.05, 4.69) is 9.97 Å². The van der Waals surface area contributed by atoms with Gasteiger partial charge < -0.3 is 9.47 Å². The topological polar surface area (TPSA) is 103 Å². The number of carbonyl (C=O) groups is 2. The average molecular weight is 601 g/mol. The molecule has 0 bridgehead atoms. The van der Waals surface area contributed by atoms with Crippen LogP contribution in [-0.4, -0.2) is 43.1 Å². The van der Waals surface area contributed by atoms with Gasteiger partial charge in [-0.2, -0.15) is 9.78 Å². The Morgan fingerprint density at radius 3 is 2.38 bits per heavy atom. The lowest BCUT2D eigenvalue weighted by atomic mass is 9.96. The van der Waals surface area contributed by atoms with Gasteiger partial charge in [-0.1, -0.05) is 62.7 Å². The molecule has 9 nitrogen and oxygen atoms in total. The molecule has 0 aliphatic carbocycles. The van der Waals surface area contributed by atoms with Crippen molar-refractivity contribution in [1.29, 1.82) is 0 Å². The van der Waals surface area contributed by atoms with Crippen LogP contribution in [0.5, 0.6) is 0 Å². The smallest absolute Gasteiger partial charge is 0.259 e. The molecule has 0 N–H and O–H groups in total. The first-order valence-electron chi connectivity index (χ1n) is 13.2. The Kier molecular flexibility index (Phi) is 8.20. The van der Waals surface area contributed by atoms with E-state index in [0.29, 0.717) is 44.6 Å². The summed E-state index contributed by atoms with van der Waals surface area (Å²) in [5, 5.41) is 4.75. The van der Waals surface area contributed by atoms with Gasteiger partial charge in [-0.25, -0.2) is 9.97 Å². The van der Waals surface area contributed by atoms with E-state index in [1.165, 1.54) is 39.3 Å². The van der Waals surface area contributed by atoms with E-state index in [1.807, 2.05) is 81.2 Å². The monoisotopic (exact) mass is 600 g/mol. The van der Waals surface area contributed by atoms with Crippen LogP contribution < -0.4 is 10.5 Å². The van der Waals surface area contributed by atoms with Gasteiger partial charge in [0.05, 0.1) is 34.2 Å². The summed E-state index contributed by atoms with van der Waals surface area (Å²) >= 11 is 7.62. The third-order valence-corrected chi connectivity index (χ3v) is 7.85. The lowest BCUT2D eigenvalue weighted by Crippen LogP contribution is -2.31. The first kappa shape index (κ1) is 29.1. The zero-order chi connectivity index (χ0) is 30.0. The Labute approximate surface area is 252 Å². The second kappa shape index (κ2) is 11.8. The Balaban J connectivity index is 1.63. The number of pyridine rings is 1. The number of aromatic nitrogens is 5. The second-order valence-electron chi connectivity index (χ2n) is 10.9. The number of benzene rings is 1. The first-order valence-corrected chi connectivity index (χ1v) is 14.4. The van der Waals surface area contributed by atoms with Crippen LogP contribution in [0.25, 0.3) is 22.4 Å².